The molecule has 0 saturated heterocycles. The summed E-state index contributed by atoms with van der Waals surface area (Å²) in [6.45, 7) is 6.23. The van der Waals surface area contributed by atoms with Gasteiger partial charge in [0.1, 0.15) is 5.75 Å². The van der Waals surface area contributed by atoms with E-state index in [9.17, 15) is 4.79 Å². The number of hydrogen-bond donors (Lipinski definition) is 1. The van der Waals surface area contributed by atoms with E-state index in [1.807, 2.05) is 18.4 Å². The van der Waals surface area contributed by atoms with Crippen LogP contribution in [0.4, 0.5) is 5.13 Å². The van der Waals surface area contributed by atoms with Crippen LogP contribution >= 0.6 is 22.9 Å². The summed E-state index contributed by atoms with van der Waals surface area (Å²) in [5.74, 6) is 0.863. The number of allylic oxidation sites excluding steroid dienone is 4. The zero-order valence-corrected chi connectivity index (χ0v) is 16.7. The van der Waals surface area contributed by atoms with Crippen LogP contribution in [0.25, 0.3) is 5.57 Å². The number of aromatic nitrogens is 1. The molecule has 0 saturated carbocycles. The summed E-state index contributed by atoms with van der Waals surface area (Å²) >= 11 is 7.21. The molecule has 0 aliphatic heterocycles. The molecule has 1 atom stereocenters. The molecular formula is C20H23ClN2O2S. The van der Waals surface area contributed by atoms with Gasteiger partial charge in [-0.2, -0.15) is 0 Å². The minimum Gasteiger partial charge on any atom is -0.484 e. The van der Waals surface area contributed by atoms with E-state index in [4.69, 9.17) is 16.3 Å². The first-order valence-corrected chi connectivity index (χ1v) is 9.76. The van der Waals surface area contributed by atoms with E-state index >= 15 is 0 Å². The maximum atomic E-state index is 12.0. The quantitative estimate of drug-likeness (QED) is 0.578. The van der Waals surface area contributed by atoms with Crippen LogP contribution < -0.4 is 10.1 Å². The number of carbonyl (C=O) groups excluding carboxylic acids is 1. The first kappa shape index (κ1) is 20.2. The smallest absolute Gasteiger partial charge is 0.264 e. The van der Waals surface area contributed by atoms with Crippen LogP contribution in [-0.4, -0.2) is 17.5 Å². The first-order valence-electron chi connectivity index (χ1n) is 8.50. The number of rotatable bonds is 8. The van der Waals surface area contributed by atoms with E-state index in [2.05, 4.69) is 36.3 Å². The summed E-state index contributed by atoms with van der Waals surface area (Å²) < 4.78 is 5.43. The molecule has 26 heavy (non-hydrogen) atoms. The molecule has 0 aliphatic rings. The predicted octanol–water partition coefficient (Wildman–Crippen LogP) is 5.82. The minimum atomic E-state index is -0.252. The fourth-order valence-electron chi connectivity index (χ4n) is 2.03. The van der Waals surface area contributed by atoms with Gasteiger partial charge in [-0.15, -0.1) is 11.3 Å². The Morgan fingerprint density at radius 3 is 2.77 bits per heavy atom. The van der Waals surface area contributed by atoms with Crippen molar-refractivity contribution >= 4 is 39.5 Å². The first-order chi connectivity index (χ1) is 12.5. The second-order valence-electron chi connectivity index (χ2n) is 5.82. The van der Waals surface area contributed by atoms with Crippen LogP contribution in [0.5, 0.6) is 5.75 Å². The lowest BCUT2D eigenvalue weighted by molar-refractivity contribution is -0.118. The second kappa shape index (κ2) is 10.1. The van der Waals surface area contributed by atoms with Gasteiger partial charge in [0, 0.05) is 10.4 Å². The average Bonchev–Trinajstić information content (AvgIpc) is 3.09. The highest BCUT2D eigenvalue weighted by Gasteiger charge is 2.09. The fourth-order valence-corrected chi connectivity index (χ4v) is 2.89. The van der Waals surface area contributed by atoms with E-state index in [0.717, 1.165) is 17.7 Å². The Kier molecular flexibility index (Phi) is 7.88. The number of nitrogens with zero attached hydrogens (tertiary/aromatic N) is 1. The lowest BCUT2D eigenvalue weighted by atomic mass is 10.1. The van der Waals surface area contributed by atoms with E-state index < -0.39 is 0 Å². The van der Waals surface area contributed by atoms with Gasteiger partial charge in [-0.25, -0.2) is 4.98 Å². The molecule has 0 fully saturated rings. The molecule has 1 heterocycles. The van der Waals surface area contributed by atoms with E-state index in [0.29, 0.717) is 21.8 Å². The van der Waals surface area contributed by atoms with Crippen LogP contribution in [0, 0.1) is 5.92 Å². The highest BCUT2D eigenvalue weighted by atomic mass is 35.5. The van der Waals surface area contributed by atoms with Crippen molar-refractivity contribution in [3.05, 3.63) is 58.6 Å². The molecule has 0 aliphatic carbocycles. The number of benzene rings is 1. The Balaban J connectivity index is 1.91. The van der Waals surface area contributed by atoms with Crippen LogP contribution in [-0.2, 0) is 4.79 Å². The monoisotopic (exact) mass is 390 g/mol. The lowest BCUT2D eigenvalue weighted by Crippen LogP contribution is -2.20. The molecule has 0 bridgehead atoms. The molecule has 1 amide bonds. The van der Waals surface area contributed by atoms with Gasteiger partial charge in [-0.05, 0) is 42.7 Å². The Morgan fingerprint density at radius 1 is 1.38 bits per heavy atom. The molecule has 2 rings (SSSR count). The van der Waals surface area contributed by atoms with E-state index in [1.54, 1.807) is 24.3 Å². The Hall–Kier alpha value is -2.11. The zero-order chi connectivity index (χ0) is 18.9. The van der Waals surface area contributed by atoms with E-state index in [1.165, 1.54) is 11.3 Å². The van der Waals surface area contributed by atoms with Crippen LogP contribution in [0.1, 0.15) is 32.9 Å². The molecular weight excluding hydrogens is 368 g/mol. The normalized spacial score (nSPS) is 13.0. The number of hydrogen-bond acceptors (Lipinski definition) is 4. The number of nitrogens with one attached hydrogen (secondary N) is 1. The average molecular weight is 391 g/mol. The molecule has 0 spiro atoms. The van der Waals surface area contributed by atoms with Gasteiger partial charge in [0.15, 0.2) is 11.7 Å². The maximum absolute atomic E-state index is 12.0. The van der Waals surface area contributed by atoms with Crippen molar-refractivity contribution in [3.8, 4) is 5.75 Å². The molecule has 1 aromatic carbocycles. The molecule has 2 aromatic rings. The SMILES string of the molecule is C/C=C(\C=C/C(C)CC)c1csc(NC(=O)COc2ccc(Cl)cc2)n1. The Bertz CT molecular complexity index is 781. The summed E-state index contributed by atoms with van der Waals surface area (Å²) in [4.78, 5) is 16.5. The third-order valence-corrected chi connectivity index (χ3v) is 4.80. The summed E-state index contributed by atoms with van der Waals surface area (Å²) in [5.41, 5.74) is 1.89. The van der Waals surface area contributed by atoms with Crippen LogP contribution in [0.2, 0.25) is 5.02 Å². The van der Waals surface area contributed by atoms with Crippen molar-refractivity contribution in [1.82, 2.24) is 4.98 Å². The largest absolute Gasteiger partial charge is 0.484 e. The summed E-state index contributed by atoms with van der Waals surface area (Å²) in [5, 5.41) is 5.88. The van der Waals surface area contributed by atoms with Gasteiger partial charge in [0.25, 0.3) is 5.91 Å². The van der Waals surface area contributed by atoms with Gasteiger partial charge < -0.3 is 4.74 Å². The Morgan fingerprint density at radius 2 is 2.12 bits per heavy atom. The number of halogens is 1. The van der Waals surface area contributed by atoms with Crippen molar-refractivity contribution in [2.45, 2.75) is 27.2 Å². The summed E-state index contributed by atoms with van der Waals surface area (Å²) in [6, 6.07) is 6.87. The lowest BCUT2D eigenvalue weighted by Gasteiger charge is -2.05. The van der Waals surface area contributed by atoms with Crippen LogP contribution in [0.3, 0.4) is 0 Å². The fraction of sp³-hybridized carbons (Fsp3) is 0.300. The standard InChI is InChI=1S/C20H23ClN2O2S/c1-4-14(3)6-7-15(5-2)18-13-26-20(22-18)23-19(24)12-25-17-10-8-16(21)9-11-17/h5-11,13-14H,4,12H2,1-3H3,(H,22,23,24)/b7-6-,15-5+. The second-order valence-corrected chi connectivity index (χ2v) is 7.11. The minimum absolute atomic E-state index is 0.0824. The molecule has 4 nitrogen and oxygen atoms in total. The molecule has 138 valence electrons. The molecule has 6 heteroatoms. The van der Waals surface area contributed by atoms with Crippen molar-refractivity contribution in [3.63, 3.8) is 0 Å². The van der Waals surface area contributed by atoms with Gasteiger partial charge in [-0.1, -0.05) is 50.1 Å². The van der Waals surface area contributed by atoms with Gasteiger partial charge in [0.2, 0.25) is 0 Å². The van der Waals surface area contributed by atoms with Crippen molar-refractivity contribution < 1.29 is 9.53 Å². The molecule has 0 radical (unpaired) electrons. The number of thiazole rings is 1. The highest BCUT2D eigenvalue weighted by Crippen LogP contribution is 2.23. The summed E-state index contributed by atoms with van der Waals surface area (Å²) in [7, 11) is 0. The summed E-state index contributed by atoms with van der Waals surface area (Å²) in [6.07, 6.45) is 7.37. The predicted molar refractivity (Wildman–Crippen MR) is 110 cm³/mol. The zero-order valence-electron chi connectivity index (χ0n) is 15.2. The molecule has 1 aromatic heterocycles. The van der Waals surface area contributed by atoms with Crippen LogP contribution in [0.15, 0.2) is 47.9 Å². The third kappa shape index (κ3) is 6.32. The Labute approximate surface area is 163 Å². The van der Waals surface area contributed by atoms with E-state index in [-0.39, 0.29) is 12.5 Å². The van der Waals surface area contributed by atoms with Gasteiger partial charge >= 0.3 is 0 Å². The number of ether oxygens (including phenoxy) is 1. The van der Waals surface area contributed by atoms with Gasteiger partial charge in [0.05, 0.1) is 5.69 Å². The molecule has 1 unspecified atom stereocenters. The number of anilines is 1. The number of carbonyl (C=O) groups is 1. The third-order valence-electron chi connectivity index (χ3n) is 3.79. The molecule has 1 N–H and O–H groups in total. The van der Waals surface area contributed by atoms with Gasteiger partial charge in [-0.3, -0.25) is 10.1 Å². The maximum Gasteiger partial charge on any atom is 0.264 e. The topological polar surface area (TPSA) is 51.2 Å². The van der Waals surface area contributed by atoms with Crippen molar-refractivity contribution in [2.75, 3.05) is 11.9 Å². The van der Waals surface area contributed by atoms with Crippen molar-refractivity contribution in [1.29, 1.82) is 0 Å². The van der Waals surface area contributed by atoms with Crippen molar-refractivity contribution in [2.24, 2.45) is 5.92 Å². The number of amides is 1. The highest BCUT2D eigenvalue weighted by molar-refractivity contribution is 7.14.